The van der Waals surface area contributed by atoms with E-state index in [1.165, 1.54) is 18.2 Å². The van der Waals surface area contributed by atoms with E-state index in [1.54, 1.807) is 12.1 Å². The maximum absolute atomic E-state index is 14.3. The molecule has 150 valence electrons. The molecule has 29 heavy (non-hydrogen) atoms. The fraction of sp³-hybridized carbons (Fsp3) is 0.238. The Kier molecular flexibility index (Phi) is 4.77. The summed E-state index contributed by atoms with van der Waals surface area (Å²) in [5.74, 6) is -3.02. The first-order valence-electron chi connectivity index (χ1n) is 9.16. The summed E-state index contributed by atoms with van der Waals surface area (Å²) in [6, 6.07) is 7.67. The van der Waals surface area contributed by atoms with Crippen LogP contribution in [0.1, 0.15) is 30.7 Å². The van der Waals surface area contributed by atoms with Crippen LogP contribution in [-0.2, 0) is 9.59 Å². The normalized spacial score (nSPS) is 18.4. The number of fused-ring (bicyclic) bond motifs is 1. The number of halogens is 3. The van der Waals surface area contributed by atoms with Crippen molar-refractivity contribution in [2.24, 2.45) is 5.73 Å². The van der Waals surface area contributed by atoms with Gasteiger partial charge in [0, 0.05) is 17.5 Å². The van der Waals surface area contributed by atoms with Gasteiger partial charge in [0.1, 0.15) is 23.9 Å². The number of H-pyrrole nitrogens is 1. The minimum atomic E-state index is -0.709. The van der Waals surface area contributed by atoms with E-state index >= 15 is 0 Å². The molecule has 0 radical (unpaired) electrons. The number of hydrogen-bond acceptors (Lipinski definition) is 2. The summed E-state index contributed by atoms with van der Waals surface area (Å²) in [7, 11) is 0. The Balaban J connectivity index is 1.68. The molecule has 1 fully saturated rings. The Morgan fingerprint density at radius 3 is 2.41 bits per heavy atom. The molecular weight excluding hydrogens is 383 g/mol. The average molecular weight is 401 g/mol. The van der Waals surface area contributed by atoms with Crippen molar-refractivity contribution in [3.63, 3.8) is 0 Å². The van der Waals surface area contributed by atoms with E-state index in [1.807, 2.05) is 0 Å². The maximum Gasteiger partial charge on any atom is 0.229 e. The van der Waals surface area contributed by atoms with Crippen LogP contribution in [0.4, 0.5) is 13.2 Å². The lowest BCUT2D eigenvalue weighted by molar-refractivity contribution is -0.128. The second-order valence-corrected chi connectivity index (χ2v) is 7.31. The van der Waals surface area contributed by atoms with Gasteiger partial charge >= 0.3 is 0 Å². The quantitative estimate of drug-likeness (QED) is 0.572. The zero-order valence-corrected chi connectivity index (χ0v) is 15.3. The van der Waals surface area contributed by atoms with Gasteiger partial charge in [-0.3, -0.25) is 9.59 Å². The van der Waals surface area contributed by atoms with E-state index < -0.39 is 29.3 Å². The second kappa shape index (κ2) is 7.27. The molecule has 0 atom stereocenters. The van der Waals surface area contributed by atoms with Gasteiger partial charge in [0.2, 0.25) is 11.8 Å². The lowest BCUT2D eigenvalue weighted by atomic mass is 9.74. The largest absolute Gasteiger partial charge is 0.369 e. The van der Waals surface area contributed by atoms with Gasteiger partial charge in [-0.25, -0.2) is 13.2 Å². The molecule has 0 saturated heterocycles. The number of nitrogens with one attached hydrogen (secondary N) is 2. The zero-order valence-electron chi connectivity index (χ0n) is 15.3. The van der Waals surface area contributed by atoms with E-state index in [0.29, 0.717) is 29.5 Å². The molecule has 1 saturated carbocycles. The Morgan fingerprint density at radius 2 is 1.76 bits per heavy atom. The van der Waals surface area contributed by atoms with Crippen molar-refractivity contribution in [3.05, 3.63) is 59.4 Å². The topological polar surface area (TPSA) is 88.0 Å². The van der Waals surface area contributed by atoms with Crippen LogP contribution >= 0.6 is 0 Å². The molecule has 4 rings (SSSR count). The van der Waals surface area contributed by atoms with Gasteiger partial charge in [-0.05, 0) is 60.2 Å². The van der Waals surface area contributed by atoms with Crippen LogP contribution in [-0.4, -0.2) is 22.8 Å². The van der Waals surface area contributed by atoms with Crippen LogP contribution < -0.4 is 11.1 Å². The minimum absolute atomic E-state index is 0.0659. The number of rotatable bonds is 5. The van der Waals surface area contributed by atoms with Gasteiger partial charge in [-0.15, -0.1) is 0 Å². The van der Waals surface area contributed by atoms with E-state index in [0.717, 1.165) is 11.6 Å². The van der Waals surface area contributed by atoms with E-state index in [9.17, 15) is 22.8 Å². The van der Waals surface area contributed by atoms with E-state index in [-0.39, 0.29) is 23.9 Å². The summed E-state index contributed by atoms with van der Waals surface area (Å²) in [5, 5.41) is 3.15. The van der Waals surface area contributed by atoms with E-state index in [4.69, 9.17) is 5.73 Å². The van der Waals surface area contributed by atoms with Crippen molar-refractivity contribution in [3.8, 4) is 11.3 Å². The van der Waals surface area contributed by atoms with Crippen molar-refractivity contribution in [2.45, 2.75) is 31.2 Å². The third-order valence-electron chi connectivity index (χ3n) is 5.24. The van der Waals surface area contributed by atoms with Crippen LogP contribution in [0.2, 0.25) is 0 Å². The molecule has 0 unspecified atom stereocenters. The zero-order chi connectivity index (χ0) is 20.7. The molecule has 1 aliphatic rings. The summed E-state index contributed by atoms with van der Waals surface area (Å²) in [4.78, 5) is 25.6. The minimum Gasteiger partial charge on any atom is -0.369 e. The molecule has 0 bridgehead atoms. The monoisotopic (exact) mass is 401 g/mol. The number of nitrogens with two attached hydrogens (primary N) is 1. The summed E-state index contributed by atoms with van der Waals surface area (Å²) in [6.45, 7) is 0. The summed E-state index contributed by atoms with van der Waals surface area (Å²) >= 11 is 0. The molecule has 8 heteroatoms. The van der Waals surface area contributed by atoms with Crippen molar-refractivity contribution in [1.29, 1.82) is 0 Å². The third-order valence-corrected chi connectivity index (χ3v) is 5.24. The molecule has 0 spiro atoms. The molecule has 2 amide bonds. The number of amides is 2. The van der Waals surface area contributed by atoms with E-state index in [2.05, 4.69) is 10.3 Å². The highest BCUT2D eigenvalue weighted by Crippen LogP contribution is 2.45. The predicted molar refractivity (Wildman–Crippen MR) is 101 cm³/mol. The molecule has 1 aromatic heterocycles. The van der Waals surface area contributed by atoms with Gasteiger partial charge in [-0.1, -0.05) is 0 Å². The smallest absolute Gasteiger partial charge is 0.229 e. The standard InChI is InChI=1S/C21H18F3N3O2/c22-12-3-1-10(2-4-12)20-19(15-7-13(23)8-16(24)21(15)27-20)11-5-14(6-11)26-18(29)9-17(25)28/h1-4,7-8,11,14,27H,5-6,9H2,(H2,25,28)(H,26,29). The van der Waals surface area contributed by atoms with Crippen molar-refractivity contribution in [2.75, 3.05) is 0 Å². The molecule has 5 nitrogen and oxygen atoms in total. The highest BCUT2D eigenvalue weighted by atomic mass is 19.1. The molecule has 2 aromatic carbocycles. The molecule has 0 aliphatic heterocycles. The van der Waals surface area contributed by atoms with Crippen LogP contribution in [0.15, 0.2) is 36.4 Å². The van der Waals surface area contributed by atoms with Crippen LogP contribution in [0.3, 0.4) is 0 Å². The van der Waals surface area contributed by atoms with Crippen LogP contribution in [0.5, 0.6) is 0 Å². The van der Waals surface area contributed by atoms with Crippen LogP contribution in [0, 0.1) is 17.5 Å². The maximum atomic E-state index is 14.3. The Bertz CT molecular complexity index is 1100. The number of benzene rings is 2. The first-order chi connectivity index (χ1) is 13.8. The highest BCUT2D eigenvalue weighted by molar-refractivity contribution is 5.96. The number of hydrogen-bond donors (Lipinski definition) is 3. The Labute approximate surface area is 164 Å². The van der Waals surface area contributed by atoms with Crippen molar-refractivity contribution < 1.29 is 22.8 Å². The van der Waals surface area contributed by atoms with Gasteiger partial charge in [0.05, 0.1) is 11.2 Å². The number of aromatic nitrogens is 1. The highest BCUT2D eigenvalue weighted by Gasteiger charge is 2.35. The number of carbonyl (C=O) groups is 2. The summed E-state index contributed by atoms with van der Waals surface area (Å²) in [6.07, 6.45) is 0.707. The van der Waals surface area contributed by atoms with Gasteiger partial charge in [0.25, 0.3) is 0 Å². The molecule has 4 N–H and O–H groups in total. The number of primary amides is 1. The van der Waals surface area contributed by atoms with Crippen molar-refractivity contribution >= 4 is 22.7 Å². The third kappa shape index (κ3) is 3.70. The average Bonchev–Trinajstić information content (AvgIpc) is 2.97. The Hall–Kier alpha value is -3.29. The number of carbonyl (C=O) groups excluding carboxylic acids is 2. The molecular formula is C21H18F3N3O2. The van der Waals surface area contributed by atoms with Gasteiger partial charge in [0.15, 0.2) is 0 Å². The van der Waals surface area contributed by atoms with Crippen LogP contribution in [0.25, 0.3) is 22.2 Å². The summed E-state index contributed by atoms with van der Waals surface area (Å²) in [5.41, 5.74) is 7.17. The molecule has 1 aliphatic carbocycles. The summed E-state index contributed by atoms with van der Waals surface area (Å²) < 4.78 is 41.6. The van der Waals surface area contributed by atoms with Gasteiger partial charge < -0.3 is 16.0 Å². The van der Waals surface area contributed by atoms with Crippen molar-refractivity contribution in [1.82, 2.24) is 10.3 Å². The molecule has 1 heterocycles. The predicted octanol–water partition coefficient (Wildman–Crippen LogP) is 3.49. The first-order valence-corrected chi connectivity index (χ1v) is 9.16. The first kappa shape index (κ1) is 19.0. The lowest BCUT2D eigenvalue weighted by Crippen LogP contribution is -2.44. The fourth-order valence-corrected chi connectivity index (χ4v) is 3.92. The number of aromatic amines is 1. The SMILES string of the molecule is NC(=O)CC(=O)NC1CC(c2c(-c3ccc(F)cc3)[nH]c3c(F)cc(F)cc23)C1. The lowest BCUT2D eigenvalue weighted by Gasteiger charge is -2.36. The fourth-order valence-electron chi connectivity index (χ4n) is 3.92. The molecule has 3 aromatic rings. The Morgan fingerprint density at radius 1 is 1.07 bits per heavy atom. The second-order valence-electron chi connectivity index (χ2n) is 7.31. The van der Waals surface area contributed by atoms with Gasteiger partial charge in [-0.2, -0.15) is 0 Å².